The smallest absolute Gasteiger partial charge is 0.244 e. The standard InChI is InChI=1S/C15H22N2O/c1-4-10-15(2,3)17-14(18)9-8-12-6-5-7-13(16)11-12/h5-9,11H,4,10,16H2,1-3H3,(H,17,18)/b9-8+. The van der Waals surface area contributed by atoms with Gasteiger partial charge in [-0.2, -0.15) is 0 Å². The number of nitrogen functional groups attached to an aromatic ring is 1. The van der Waals surface area contributed by atoms with Crippen LogP contribution in [0.1, 0.15) is 39.2 Å². The topological polar surface area (TPSA) is 55.1 Å². The Balaban J connectivity index is 2.60. The molecule has 0 spiro atoms. The van der Waals surface area contributed by atoms with E-state index in [4.69, 9.17) is 5.73 Å². The monoisotopic (exact) mass is 246 g/mol. The first-order valence-electron chi connectivity index (χ1n) is 6.29. The number of carbonyl (C=O) groups is 1. The number of carbonyl (C=O) groups excluding carboxylic acids is 1. The molecule has 1 amide bonds. The van der Waals surface area contributed by atoms with Gasteiger partial charge in [0.05, 0.1) is 0 Å². The molecule has 0 radical (unpaired) electrons. The maximum atomic E-state index is 11.8. The van der Waals surface area contributed by atoms with E-state index in [0.717, 1.165) is 18.4 Å². The molecule has 0 saturated heterocycles. The highest BCUT2D eigenvalue weighted by atomic mass is 16.1. The predicted molar refractivity (Wildman–Crippen MR) is 77.0 cm³/mol. The second-order valence-electron chi connectivity index (χ2n) is 5.13. The molecule has 0 fully saturated rings. The molecule has 0 atom stereocenters. The first kappa shape index (κ1) is 14.3. The van der Waals surface area contributed by atoms with Gasteiger partial charge in [0.25, 0.3) is 0 Å². The fourth-order valence-corrected chi connectivity index (χ4v) is 1.90. The molecule has 1 aromatic rings. The van der Waals surface area contributed by atoms with Crippen molar-refractivity contribution in [3.63, 3.8) is 0 Å². The van der Waals surface area contributed by atoms with Crippen LogP contribution < -0.4 is 11.1 Å². The van der Waals surface area contributed by atoms with Crippen LogP contribution in [0, 0.1) is 0 Å². The largest absolute Gasteiger partial charge is 0.399 e. The van der Waals surface area contributed by atoms with Gasteiger partial charge >= 0.3 is 0 Å². The van der Waals surface area contributed by atoms with Gasteiger partial charge in [-0.3, -0.25) is 4.79 Å². The molecule has 0 aliphatic carbocycles. The van der Waals surface area contributed by atoms with Crippen LogP contribution in [0.4, 0.5) is 5.69 Å². The molecular formula is C15H22N2O. The lowest BCUT2D eigenvalue weighted by atomic mass is 9.99. The summed E-state index contributed by atoms with van der Waals surface area (Å²) >= 11 is 0. The van der Waals surface area contributed by atoms with E-state index in [1.165, 1.54) is 0 Å². The Kier molecular flexibility index (Phi) is 4.95. The van der Waals surface area contributed by atoms with Gasteiger partial charge in [0.1, 0.15) is 0 Å². The predicted octanol–water partition coefficient (Wildman–Crippen LogP) is 2.98. The van der Waals surface area contributed by atoms with Crippen molar-refractivity contribution in [1.82, 2.24) is 5.32 Å². The summed E-state index contributed by atoms with van der Waals surface area (Å²) in [5.74, 6) is -0.0733. The van der Waals surface area contributed by atoms with Crippen molar-refractivity contribution in [2.45, 2.75) is 39.2 Å². The molecule has 3 N–H and O–H groups in total. The molecule has 1 rings (SSSR count). The van der Waals surface area contributed by atoms with E-state index < -0.39 is 0 Å². The van der Waals surface area contributed by atoms with Crippen LogP contribution in [0.5, 0.6) is 0 Å². The zero-order chi connectivity index (χ0) is 13.6. The zero-order valence-corrected chi connectivity index (χ0v) is 11.4. The molecule has 0 aliphatic heterocycles. The Labute approximate surface area is 109 Å². The van der Waals surface area contributed by atoms with Crippen LogP contribution in [0.3, 0.4) is 0 Å². The molecule has 0 aliphatic rings. The van der Waals surface area contributed by atoms with Gasteiger partial charge in [0, 0.05) is 17.3 Å². The molecule has 18 heavy (non-hydrogen) atoms. The highest BCUT2D eigenvalue weighted by Gasteiger charge is 2.17. The molecule has 1 aromatic carbocycles. The van der Waals surface area contributed by atoms with E-state index in [-0.39, 0.29) is 11.4 Å². The third kappa shape index (κ3) is 5.04. The average Bonchev–Trinajstić information content (AvgIpc) is 2.25. The van der Waals surface area contributed by atoms with Crippen LogP contribution in [0.25, 0.3) is 6.08 Å². The fourth-order valence-electron chi connectivity index (χ4n) is 1.90. The van der Waals surface area contributed by atoms with Crippen molar-refractivity contribution in [2.24, 2.45) is 0 Å². The number of hydrogen-bond acceptors (Lipinski definition) is 2. The molecule has 0 saturated carbocycles. The summed E-state index contributed by atoms with van der Waals surface area (Å²) in [5, 5.41) is 2.99. The Morgan fingerprint density at radius 1 is 1.44 bits per heavy atom. The molecule has 0 unspecified atom stereocenters. The molecule has 0 aromatic heterocycles. The van der Waals surface area contributed by atoms with E-state index in [1.807, 2.05) is 38.1 Å². The van der Waals surface area contributed by atoms with Crippen LogP contribution in [0.15, 0.2) is 30.3 Å². The van der Waals surface area contributed by atoms with Crippen molar-refractivity contribution in [1.29, 1.82) is 0 Å². The highest BCUT2D eigenvalue weighted by molar-refractivity contribution is 5.92. The number of nitrogens with one attached hydrogen (secondary N) is 1. The van der Waals surface area contributed by atoms with Gasteiger partial charge < -0.3 is 11.1 Å². The second kappa shape index (κ2) is 6.24. The Morgan fingerprint density at radius 2 is 2.17 bits per heavy atom. The molecule has 98 valence electrons. The lowest BCUT2D eigenvalue weighted by molar-refractivity contribution is -0.118. The summed E-state index contributed by atoms with van der Waals surface area (Å²) in [7, 11) is 0. The van der Waals surface area contributed by atoms with Crippen LogP contribution in [-0.4, -0.2) is 11.4 Å². The second-order valence-corrected chi connectivity index (χ2v) is 5.13. The first-order valence-corrected chi connectivity index (χ1v) is 6.29. The van der Waals surface area contributed by atoms with Gasteiger partial charge in [-0.15, -0.1) is 0 Å². The normalized spacial score (nSPS) is 11.7. The number of hydrogen-bond donors (Lipinski definition) is 2. The van der Waals surface area contributed by atoms with E-state index in [9.17, 15) is 4.79 Å². The van der Waals surface area contributed by atoms with Crippen molar-refractivity contribution < 1.29 is 4.79 Å². The third-order valence-electron chi connectivity index (χ3n) is 2.67. The third-order valence-corrected chi connectivity index (χ3v) is 2.67. The van der Waals surface area contributed by atoms with Gasteiger partial charge in [-0.05, 0) is 44.0 Å². The summed E-state index contributed by atoms with van der Waals surface area (Å²) in [4.78, 5) is 11.8. The zero-order valence-electron chi connectivity index (χ0n) is 11.4. The number of amides is 1. The maximum Gasteiger partial charge on any atom is 0.244 e. The Hall–Kier alpha value is -1.77. The van der Waals surface area contributed by atoms with E-state index in [1.54, 1.807) is 12.2 Å². The summed E-state index contributed by atoms with van der Waals surface area (Å²) in [5.41, 5.74) is 7.14. The molecule has 3 heteroatoms. The molecule has 0 heterocycles. The number of benzene rings is 1. The highest BCUT2D eigenvalue weighted by Crippen LogP contribution is 2.11. The van der Waals surface area contributed by atoms with E-state index in [0.29, 0.717) is 5.69 Å². The Bertz CT molecular complexity index is 436. The van der Waals surface area contributed by atoms with Gasteiger partial charge in [-0.25, -0.2) is 0 Å². The lowest BCUT2D eigenvalue weighted by Gasteiger charge is -2.24. The van der Waals surface area contributed by atoms with Crippen LogP contribution in [0.2, 0.25) is 0 Å². The van der Waals surface area contributed by atoms with Gasteiger partial charge in [0.2, 0.25) is 5.91 Å². The Morgan fingerprint density at radius 3 is 2.78 bits per heavy atom. The molecular weight excluding hydrogens is 224 g/mol. The maximum absolute atomic E-state index is 11.8. The average molecular weight is 246 g/mol. The summed E-state index contributed by atoms with van der Waals surface area (Å²) in [6.07, 6.45) is 5.33. The van der Waals surface area contributed by atoms with Gasteiger partial charge in [-0.1, -0.05) is 25.5 Å². The van der Waals surface area contributed by atoms with Crippen LogP contribution >= 0.6 is 0 Å². The van der Waals surface area contributed by atoms with Crippen molar-refractivity contribution in [3.05, 3.63) is 35.9 Å². The first-order chi connectivity index (χ1) is 8.43. The fraction of sp³-hybridized carbons (Fsp3) is 0.400. The summed E-state index contributed by atoms with van der Waals surface area (Å²) in [6, 6.07) is 7.44. The quantitative estimate of drug-likeness (QED) is 0.620. The molecule has 3 nitrogen and oxygen atoms in total. The van der Waals surface area contributed by atoms with Crippen molar-refractivity contribution in [3.8, 4) is 0 Å². The van der Waals surface area contributed by atoms with Crippen molar-refractivity contribution in [2.75, 3.05) is 5.73 Å². The number of anilines is 1. The minimum Gasteiger partial charge on any atom is -0.399 e. The minimum absolute atomic E-state index is 0.0733. The van der Waals surface area contributed by atoms with Gasteiger partial charge in [0.15, 0.2) is 0 Å². The summed E-state index contributed by atoms with van der Waals surface area (Å²) < 4.78 is 0. The van der Waals surface area contributed by atoms with Crippen LogP contribution in [-0.2, 0) is 4.79 Å². The number of rotatable bonds is 5. The van der Waals surface area contributed by atoms with E-state index in [2.05, 4.69) is 12.2 Å². The lowest BCUT2D eigenvalue weighted by Crippen LogP contribution is -2.42. The molecule has 0 bridgehead atoms. The SMILES string of the molecule is CCCC(C)(C)NC(=O)/C=C/c1cccc(N)c1. The number of nitrogens with two attached hydrogens (primary N) is 1. The minimum atomic E-state index is -0.161. The van der Waals surface area contributed by atoms with E-state index >= 15 is 0 Å². The summed E-state index contributed by atoms with van der Waals surface area (Å²) in [6.45, 7) is 6.17. The van der Waals surface area contributed by atoms with Crippen molar-refractivity contribution >= 4 is 17.7 Å².